The van der Waals surface area contributed by atoms with Crippen LogP contribution in [0.1, 0.15) is 37.9 Å². The highest BCUT2D eigenvalue weighted by atomic mass is 16.6. The van der Waals surface area contributed by atoms with E-state index < -0.39 is 11.7 Å². The molecule has 0 aliphatic heterocycles. The second-order valence-electron chi connectivity index (χ2n) is 4.96. The standard InChI is InChI=1S/C12H20N4O2/c1-8-9(5-13)6-14-10(16-8)7-15-11(17)18-12(2,3)4/h6H,5,7,13H2,1-4H3,(H,15,17). The monoisotopic (exact) mass is 252 g/mol. The molecule has 1 aromatic heterocycles. The Hall–Kier alpha value is -1.69. The number of ether oxygens (including phenoxy) is 1. The fourth-order valence-electron chi connectivity index (χ4n) is 1.29. The van der Waals surface area contributed by atoms with Gasteiger partial charge in [0.15, 0.2) is 0 Å². The van der Waals surface area contributed by atoms with Crippen LogP contribution in [0, 0.1) is 6.92 Å². The molecule has 18 heavy (non-hydrogen) atoms. The number of hydrogen-bond acceptors (Lipinski definition) is 5. The minimum atomic E-state index is -0.510. The van der Waals surface area contributed by atoms with E-state index in [1.165, 1.54) is 0 Å². The third-order valence-electron chi connectivity index (χ3n) is 2.14. The van der Waals surface area contributed by atoms with Gasteiger partial charge in [0.1, 0.15) is 11.4 Å². The zero-order chi connectivity index (χ0) is 13.8. The first-order chi connectivity index (χ1) is 8.31. The molecule has 6 nitrogen and oxygen atoms in total. The van der Waals surface area contributed by atoms with E-state index in [0.717, 1.165) is 11.3 Å². The number of nitrogens with zero attached hydrogens (tertiary/aromatic N) is 2. The second kappa shape index (κ2) is 5.77. The number of aryl methyl sites for hydroxylation is 1. The van der Waals surface area contributed by atoms with Gasteiger partial charge in [0.05, 0.1) is 6.54 Å². The highest BCUT2D eigenvalue weighted by Gasteiger charge is 2.16. The maximum absolute atomic E-state index is 11.4. The lowest BCUT2D eigenvalue weighted by atomic mass is 10.2. The summed E-state index contributed by atoms with van der Waals surface area (Å²) >= 11 is 0. The van der Waals surface area contributed by atoms with Crippen molar-refractivity contribution in [3.05, 3.63) is 23.3 Å². The Bertz CT molecular complexity index is 427. The molecule has 1 heterocycles. The van der Waals surface area contributed by atoms with E-state index in [0.29, 0.717) is 12.4 Å². The lowest BCUT2D eigenvalue weighted by Gasteiger charge is -2.19. The fraction of sp³-hybridized carbons (Fsp3) is 0.583. The summed E-state index contributed by atoms with van der Waals surface area (Å²) in [5.74, 6) is 0.538. The Morgan fingerprint density at radius 1 is 1.50 bits per heavy atom. The van der Waals surface area contributed by atoms with Crippen LogP contribution in [0.5, 0.6) is 0 Å². The molecule has 0 bridgehead atoms. The first-order valence-electron chi connectivity index (χ1n) is 5.80. The predicted molar refractivity (Wildman–Crippen MR) is 67.7 cm³/mol. The molecule has 3 N–H and O–H groups in total. The Morgan fingerprint density at radius 3 is 2.67 bits per heavy atom. The van der Waals surface area contributed by atoms with Crippen LogP contribution >= 0.6 is 0 Å². The molecule has 0 aromatic carbocycles. The van der Waals surface area contributed by atoms with Crippen molar-refractivity contribution in [1.82, 2.24) is 15.3 Å². The SMILES string of the molecule is Cc1nc(CNC(=O)OC(C)(C)C)ncc1CN. The molecule has 0 fully saturated rings. The molecule has 100 valence electrons. The molecule has 1 amide bonds. The lowest BCUT2D eigenvalue weighted by Crippen LogP contribution is -2.32. The molecule has 0 saturated carbocycles. The number of amides is 1. The molecule has 0 aliphatic rings. The van der Waals surface area contributed by atoms with Gasteiger partial charge in [0, 0.05) is 24.0 Å². The number of nitrogens with one attached hydrogen (secondary N) is 1. The summed E-state index contributed by atoms with van der Waals surface area (Å²) in [6, 6.07) is 0. The average molecular weight is 252 g/mol. The fourth-order valence-corrected chi connectivity index (χ4v) is 1.29. The van der Waals surface area contributed by atoms with Crippen molar-refractivity contribution in [2.75, 3.05) is 0 Å². The van der Waals surface area contributed by atoms with Gasteiger partial charge in [-0.25, -0.2) is 14.8 Å². The summed E-state index contributed by atoms with van der Waals surface area (Å²) in [5.41, 5.74) is 6.74. The third kappa shape index (κ3) is 4.67. The average Bonchev–Trinajstić information content (AvgIpc) is 2.24. The summed E-state index contributed by atoms with van der Waals surface area (Å²) in [4.78, 5) is 19.8. The molecule has 6 heteroatoms. The van der Waals surface area contributed by atoms with E-state index in [1.54, 1.807) is 6.20 Å². The van der Waals surface area contributed by atoms with Gasteiger partial charge in [0.25, 0.3) is 0 Å². The van der Waals surface area contributed by atoms with Crippen LogP contribution < -0.4 is 11.1 Å². The zero-order valence-corrected chi connectivity index (χ0v) is 11.3. The largest absolute Gasteiger partial charge is 0.444 e. The first kappa shape index (κ1) is 14.4. The van der Waals surface area contributed by atoms with Crippen molar-refractivity contribution in [3.63, 3.8) is 0 Å². The first-order valence-corrected chi connectivity index (χ1v) is 5.80. The van der Waals surface area contributed by atoms with Crippen molar-refractivity contribution in [2.45, 2.75) is 46.4 Å². The molecule has 1 rings (SSSR count). The molecule has 1 aromatic rings. The van der Waals surface area contributed by atoms with Crippen molar-refractivity contribution < 1.29 is 9.53 Å². The van der Waals surface area contributed by atoms with Crippen LogP contribution in [-0.2, 0) is 17.8 Å². The van der Waals surface area contributed by atoms with Crippen LogP contribution in [0.2, 0.25) is 0 Å². The topological polar surface area (TPSA) is 90.1 Å². The predicted octanol–water partition coefficient (Wildman–Crippen LogP) is 1.27. The van der Waals surface area contributed by atoms with Gasteiger partial charge in [-0.2, -0.15) is 0 Å². The molecule has 0 saturated heterocycles. The van der Waals surface area contributed by atoms with Crippen LogP contribution in [0.25, 0.3) is 0 Å². The smallest absolute Gasteiger partial charge is 0.408 e. The molecular weight excluding hydrogens is 232 g/mol. The minimum Gasteiger partial charge on any atom is -0.444 e. The highest BCUT2D eigenvalue weighted by molar-refractivity contribution is 5.67. The van der Waals surface area contributed by atoms with Crippen LogP contribution in [0.3, 0.4) is 0 Å². The molecule has 0 aliphatic carbocycles. The molecule has 0 spiro atoms. The second-order valence-corrected chi connectivity index (χ2v) is 4.96. The Labute approximate surface area is 107 Å². The highest BCUT2D eigenvalue weighted by Crippen LogP contribution is 2.07. The van der Waals surface area contributed by atoms with E-state index in [9.17, 15) is 4.79 Å². The number of carbonyl (C=O) groups is 1. The van der Waals surface area contributed by atoms with Gasteiger partial charge in [-0.15, -0.1) is 0 Å². The maximum Gasteiger partial charge on any atom is 0.408 e. The Balaban J connectivity index is 2.54. The maximum atomic E-state index is 11.4. The summed E-state index contributed by atoms with van der Waals surface area (Å²) < 4.78 is 5.11. The van der Waals surface area contributed by atoms with Gasteiger partial charge in [-0.3, -0.25) is 0 Å². The molecule has 0 atom stereocenters. The quantitative estimate of drug-likeness (QED) is 0.845. The van der Waals surface area contributed by atoms with Gasteiger partial charge in [0.2, 0.25) is 0 Å². The van der Waals surface area contributed by atoms with E-state index >= 15 is 0 Å². The van der Waals surface area contributed by atoms with E-state index in [4.69, 9.17) is 10.5 Å². The number of hydrogen-bond donors (Lipinski definition) is 2. The molecule has 0 unspecified atom stereocenters. The summed E-state index contributed by atoms with van der Waals surface area (Å²) in [6.07, 6.45) is 1.20. The van der Waals surface area contributed by atoms with Gasteiger partial charge >= 0.3 is 6.09 Å². The van der Waals surface area contributed by atoms with Gasteiger partial charge in [-0.05, 0) is 27.7 Å². The van der Waals surface area contributed by atoms with Crippen molar-refractivity contribution >= 4 is 6.09 Å². The summed E-state index contributed by atoms with van der Waals surface area (Å²) in [6.45, 7) is 7.93. The van der Waals surface area contributed by atoms with Crippen LogP contribution in [0.15, 0.2) is 6.20 Å². The van der Waals surface area contributed by atoms with Gasteiger partial charge < -0.3 is 15.8 Å². The van der Waals surface area contributed by atoms with Crippen LogP contribution in [0.4, 0.5) is 4.79 Å². The van der Waals surface area contributed by atoms with Crippen molar-refractivity contribution in [3.8, 4) is 0 Å². The number of carbonyl (C=O) groups excluding carboxylic acids is 1. The Kier molecular flexibility index (Phi) is 4.61. The van der Waals surface area contributed by atoms with E-state index in [-0.39, 0.29) is 6.54 Å². The zero-order valence-electron chi connectivity index (χ0n) is 11.3. The van der Waals surface area contributed by atoms with E-state index in [1.807, 2.05) is 27.7 Å². The number of rotatable bonds is 3. The summed E-state index contributed by atoms with van der Waals surface area (Å²) in [5, 5.41) is 2.60. The molecule has 0 radical (unpaired) electrons. The van der Waals surface area contributed by atoms with Crippen LogP contribution in [-0.4, -0.2) is 21.7 Å². The third-order valence-corrected chi connectivity index (χ3v) is 2.14. The van der Waals surface area contributed by atoms with Crippen molar-refractivity contribution in [1.29, 1.82) is 0 Å². The van der Waals surface area contributed by atoms with Crippen molar-refractivity contribution in [2.24, 2.45) is 5.73 Å². The minimum absolute atomic E-state index is 0.237. The molecular formula is C12H20N4O2. The number of nitrogens with two attached hydrogens (primary N) is 1. The normalized spacial score (nSPS) is 11.2. The Morgan fingerprint density at radius 2 is 2.17 bits per heavy atom. The number of aromatic nitrogens is 2. The summed E-state index contributed by atoms with van der Waals surface area (Å²) in [7, 11) is 0. The van der Waals surface area contributed by atoms with Gasteiger partial charge in [-0.1, -0.05) is 0 Å². The van der Waals surface area contributed by atoms with E-state index in [2.05, 4.69) is 15.3 Å². The number of alkyl carbamates (subject to hydrolysis) is 1. The lowest BCUT2D eigenvalue weighted by molar-refractivity contribution is 0.0522.